The standard InChI is InChI=1S/C25H25N5O6S2/c1-15-21-24(37-22(15)23(32)28-18-7-5-6-8-19(18)36-4)26-14-30(25(21)33)13-20(31)27-16-9-11-17(12-10-16)38(34,35)29(2)3/h5-12,14H,13H2,1-4H3,(H,27,31)(H,28,32). The number of anilines is 2. The van der Waals surface area contributed by atoms with E-state index in [0.29, 0.717) is 32.4 Å². The number of thiophene rings is 1. The van der Waals surface area contributed by atoms with E-state index in [9.17, 15) is 22.8 Å². The maximum atomic E-state index is 13.2. The number of benzene rings is 2. The number of nitrogens with one attached hydrogen (secondary N) is 2. The molecule has 0 saturated heterocycles. The summed E-state index contributed by atoms with van der Waals surface area (Å²) in [7, 11) is 0.768. The van der Waals surface area contributed by atoms with E-state index in [4.69, 9.17) is 4.74 Å². The molecule has 2 N–H and O–H groups in total. The first-order valence-corrected chi connectivity index (χ1v) is 13.5. The van der Waals surface area contributed by atoms with Crippen LogP contribution in [-0.4, -0.2) is 55.3 Å². The zero-order valence-corrected chi connectivity index (χ0v) is 22.6. The minimum absolute atomic E-state index is 0.0878. The lowest BCUT2D eigenvalue weighted by Gasteiger charge is -2.12. The van der Waals surface area contributed by atoms with Gasteiger partial charge >= 0.3 is 0 Å². The summed E-state index contributed by atoms with van der Waals surface area (Å²) in [6.45, 7) is 1.34. The van der Waals surface area contributed by atoms with Crippen molar-refractivity contribution in [1.82, 2.24) is 13.9 Å². The molecule has 0 atom stereocenters. The summed E-state index contributed by atoms with van der Waals surface area (Å²) in [6.07, 6.45) is 1.26. The van der Waals surface area contributed by atoms with Crippen molar-refractivity contribution in [2.24, 2.45) is 0 Å². The predicted molar refractivity (Wildman–Crippen MR) is 146 cm³/mol. The van der Waals surface area contributed by atoms with Crippen molar-refractivity contribution in [2.45, 2.75) is 18.4 Å². The molecular formula is C25H25N5O6S2. The third-order valence-electron chi connectivity index (χ3n) is 5.71. The molecule has 0 radical (unpaired) electrons. The molecule has 0 unspecified atom stereocenters. The number of para-hydroxylation sites is 2. The smallest absolute Gasteiger partial charge is 0.266 e. The topological polar surface area (TPSA) is 140 Å². The van der Waals surface area contributed by atoms with E-state index >= 15 is 0 Å². The number of carbonyl (C=O) groups excluding carboxylic acids is 2. The first-order valence-electron chi connectivity index (χ1n) is 11.3. The number of fused-ring (bicyclic) bond motifs is 1. The maximum absolute atomic E-state index is 13.2. The van der Waals surface area contributed by atoms with Crippen molar-refractivity contribution in [2.75, 3.05) is 31.8 Å². The third-order valence-corrected chi connectivity index (χ3v) is 8.74. The van der Waals surface area contributed by atoms with E-state index in [1.165, 1.54) is 51.8 Å². The molecule has 11 nitrogen and oxygen atoms in total. The second-order valence-corrected chi connectivity index (χ2v) is 11.6. The van der Waals surface area contributed by atoms with Gasteiger partial charge in [0.1, 0.15) is 17.1 Å². The molecule has 4 aromatic rings. The monoisotopic (exact) mass is 555 g/mol. The third kappa shape index (κ3) is 5.30. The fraction of sp³-hybridized carbons (Fsp3) is 0.200. The molecule has 4 rings (SSSR count). The second-order valence-electron chi connectivity index (χ2n) is 8.43. The van der Waals surface area contributed by atoms with Crippen LogP contribution in [0.1, 0.15) is 15.2 Å². The number of methoxy groups -OCH3 is 1. The number of rotatable bonds is 8. The molecule has 38 heavy (non-hydrogen) atoms. The SMILES string of the molecule is COc1ccccc1NC(=O)c1sc2ncn(CC(=O)Nc3ccc(S(=O)(=O)N(C)C)cc3)c(=O)c2c1C. The largest absolute Gasteiger partial charge is 0.495 e. The molecular weight excluding hydrogens is 530 g/mol. The van der Waals surface area contributed by atoms with Gasteiger partial charge in [0, 0.05) is 19.8 Å². The Hall–Kier alpha value is -4.07. The van der Waals surface area contributed by atoms with Gasteiger partial charge < -0.3 is 15.4 Å². The van der Waals surface area contributed by atoms with Gasteiger partial charge in [0.25, 0.3) is 11.5 Å². The molecule has 0 spiro atoms. The number of nitrogens with zero attached hydrogens (tertiary/aromatic N) is 3. The Morgan fingerprint density at radius 2 is 1.76 bits per heavy atom. The highest BCUT2D eigenvalue weighted by atomic mass is 32.2. The van der Waals surface area contributed by atoms with Gasteiger partial charge in [-0.25, -0.2) is 17.7 Å². The Kier molecular flexibility index (Phi) is 7.62. The summed E-state index contributed by atoms with van der Waals surface area (Å²) in [4.78, 5) is 43.9. The van der Waals surface area contributed by atoms with Crippen LogP contribution in [0.2, 0.25) is 0 Å². The highest BCUT2D eigenvalue weighted by molar-refractivity contribution is 7.89. The lowest BCUT2D eigenvalue weighted by atomic mass is 10.2. The maximum Gasteiger partial charge on any atom is 0.266 e. The fourth-order valence-corrected chi connectivity index (χ4v) is 5.63. The molecule has 198 valence electrons. The average Bonchev–Trinajstić information content (AvgIpc) is 3.23. The number of aromatic nitrogens is 2. The van der Waals surface area contributed by atoms with Gasteiger partial charge in [0.05, 0.1) is 34.3 Å². The van der Waals surface area contributed by atoms with Gasteiger partial charge in [-0.05, 0) is 48.9 Å². The summed E-state index contributed by atoms with van der Waals surface area (Å²) < 4.78 is 31.9. The molecule has 13 heteroatoms. The van der Waals surface area contributed by atoms with Crippen LogP contribution in [0.5, 0.6) is 5.75 Å². The second kappa shape index (κ2) is 10.7. The Balaban J connectivity index is 1.53. The molecule has 2 aromatic carbocycles. The van der Waals surface area contributed by atoms with Crippen LogP contribution in [0.25, 0.3) is 10.2 Å². The minimum atomic E-state index is -3.59. The van der Waals surface area contributed by atoms with Crippen molar-refractivity contribution in [3.05, 3.63) is 75.7 Å². The predicted octanol–water partition coefficient (Wildman–Crippen LogP) is 2.92. The lowest BCUT2D eigenvalue weighted by molar-refractivity contribution is -0.116. The Bertz CT molecular complexity index is 1690. The molecule has 0 aliphatic heterocycles. The molecule has 2 aromatic heterocycles. The molecule has 0 aliphatic rings. The zero-order chi connectivity index (χ0) is 27.6. The van der Waals surface area contributed by atoms with Crippen LogP contribution >= 0.6 is 11.3 Å². The number of hydrogen-bond donors (Lipinski definition) is 2. The lowest BCUT2D eigenvalue weighted by Crippen LogP contribution is -2.28. The van der Waals surface area contributed by atoms with E-state index in [1.807, 2.05) is 0 Å². The number of amides is 2. The summed E-state index contributed by atoms with van der Waals surface area (Å²) in [6, 6.07) is 12.7. The summed E-state index contributed by atoms with van der Waals surface area (Å²) in [5.74, 6) is -0.406. The zero-order valence-electron chi connectivity index (χ0n) is 21.0. The first kappa shape index (κ1) is 27.0. The number of ether oxygens (including phenoxy) is 1. The molecule has 2 amide bonds. The van der Waals surface area contributed by atoms with Crippen molar-refractivity contribution in [3.63, 3.8) is 0 Å². The highest BCUT2D eigenvalue weighted by Crippen LogP contribution is 2.29. The van der Waals surface area contributed by atoms with Gasteiger partial charge in [-0.1, -0.05) is 12.1 Å². The Morgan fingerprint density at radius 1 is 1.08 bits per heavy atom. The van der Waals surface area contributed by atoms with Crippen molar-refractivity contribution >= 4 is 54.8 Å². The molecule has 0 fully saturated rings. The van der Waals surface area contributed by atoms with Gasteiger partial charge in [0.2, 0.25) is 15.9 Å². The highest BCUT2D eigenvalue weighted by Gasteiger charge is 2.21. The van der Waals surface area contributed by atoms with E-state index in [-0.39, 0.29) is 16.8 Å². The van der Waals surface area contributed by atoms with Crippen LogP contribution in [0.3, 0.4) is 0 Å². The van der Waals surface area contributed by atoms with Gasteiger partial charge in [-0.2, -0.15) is 0 Å². The van der Waals surface area contributed by atoms with Crippen molar-refractivity contribution in [1.29, 1.82) is 0 Å². The summed E-state index contributed by atoms with van der Waals surface area (Å²) in [5.41, 5.74) is 0.869. The Labute approximate surface area is 222 Å². The van der Waals surface area contributed by atoms with Crippen LogP contribution < -0.4 is 20.9 Å². The van der Waals surface area contributed by atoms with Gasteiger partial charge in [-0.15, -0.1) is 11.3 Å². The normalized spacial score (nSPS) is 11.5. The van der Waals surface area contributed by atoms with Crippen LogP contribution in [0.4, 0.5) is 11.4 Å². The number of hydrogen-bond acceptors (Lipinski definition) is 8. The van der Waals surface area contributed by atoms with E-state index in [2.05, 4.69) is 15.6 Å². The summed E-state index contributed by atoms with van der Waals surface area (Å²) >= 11 is 1.08. The fourth-order valence-electron chi connectivity index (χ4n) is 3.69. The summed E-state index contributed by atoms with van der Waals surface area (Å²) in [5, 5.41) is 5.70. The minimum Gasteiger partial charge on any atom is -0.495 e. The van der Waals surface area contributed by atoms with Crippen molar-refractivity contribution < 1.29 is 22.7 Å². The number of carbonyl (C=O) groups is 2. The van der Waals surface area contributed by atoms with Gasteiger partial charge in [0.15, 0.2) is 0 Å². The quantitative estimate of drug-likeness (QED) is 0.341. The van der Waals surface area contributed by atoms with E-state index in [1.54, 1.807) is 31.2 Å². The average molecular weight is 556 g/mol. The van der Waals surface area contributed by atoms with Gasteiger partial charge in [-0.3, -0.25) is 19.0 Å². The van der Waals surface area contributed by atoms with E-state index < -0.39 is 27.4 Å². The molecule has 0 saturated carbocycles. The van der Waals surface area contributed by atoms with E-state index in [0.717, 1.165) is 20.2 Å². The van der Waals surface area contributed by atoms with Crippen LogP contribution in [0, 0.1) is 6.92 Å². The molecule has 2 heterocycles. The van der Waals surface area contributed by atoms with Crippen LogP contribution in [-0.2, 0) is 21.4 Å². The number of aryl methyl sites for hydroxylation is 1. The molecule has 0 aliphatic carbocycles. The van der Waals surface area contributed by atoms with Crippen LogP contribution in [0.15, 0.2) is 64.5 Å². The molecule has 0 bridgehead atoms. The Morgan fingerprint density at radius 3 is 2.42 bits per heavy atom. The first-order chi connectivity index (χ1) is 18.0. The van der Waals surface area contributed by atoms with Crippen molar-refractivity contribution in [3.8, 4) is 5.75 Å². The number of sulfonamides is 1.